The van der Waals surface area contributed by atoms with Crippen molar-refractivity contribution in [2.75, 3.05) is 24.3 Å². The highest BCUT2D eigenvalue weighted by molar-refractivity contribution is 7.13. The van der Waals surface area contributed by atoms with Crippen LogP contribution >= 0.6 is 11.3 Å². The molecular formula is C12H12FN3OS. The van der Waals surface area contributed by atoms with Gasteiger partial charge in [-0.3, -0.25) is 10.1 Å². The summed E-state index contributed by atoms with van der Waals surface area (Å²) in [6.45, 7) is 0. The van der Waals surface area contributed by atoms with Gasteiger partial charge >= 0.3 is 0 Å². The van der Waals surface area contributed by atoms with Gasteiger partial charge < -0.3 is 4.90 Å². The highest BCUT2D eigenvalue weighted by atomic mass is 32.1. The minimum atomic E-state index is -0.424. The number of hydrogen-bond acceptors (Lipinski definition) is 4. The van der Waals surface area contributed by atoms with Gasteiger partial charge in [0.1, 0.15) is 5.82 Å². The third-order valence-corrected chi connectivity index (χ3v) is 3.03. The number of aromatic nitrogens is 1. The molecule has 0 saturated carbocycles. The molecular weight excluding hydrogens is 253 g/mol. The summed E-state index contributed by atoms with van der Waals surface area (Å²) < 4.78 is 13.7. The molecule has 1 aromatic carbocycles. The number of halogens is 1. The average molecular weight is 265 g/mol. The van der Waals surface area contributed by atoms with E-state index in [0.29, 0.717) is 10.8 Å². The topological polar surface area (TPSA) is 45.2 Å². The summed E-state index contributed by atoms with van der Waals surface area (Å²) in [5.74, 6) is -0.791. The van der Waals surface area contributed by atoms with Crippen molar-refractivity contribution in [1.29, 1.82) is 0 Å². The lowest BCUT2D eigenvalue weighted by Gasteiger charge is -2.13. The predicted molar refractivity (Wildman–Crippen MR) is 70.8 cm³/mol. The molecule has 1 heterocycles. The summed E-state index contributed by atoms with van der Waals surface area (Å²) in [6.07, 6.45) is 1.59. The molecule has 0 aliphatic heterocycles. The largest absolute Gasteiger partial charge is 0.375 e. The second-order valence-corrected chi connectivity index (χ2v) is 4.75. The standard InChI is InChI=1S/C12H12FN3OS/c1-16(2)10-4-3-8(7-9(10)13)11(17)15-12-14-5-6-18-12/h3-7H,1-2H3,(H,14,15,17). The van der Waals surface area contributed by atoms with Gasteiger partial charge in [0.05, 0.1) is 5.69 Å². The van der Waals surface area contributed by atoms with E-state index in [1.807, 2.05) is 0 Å². The van der Waals surface area contributed by atoms with Crippen molar-refractivity contribution in [3.8, 4) is 0 Å². The van der Waals surface area contributed by atoms with Crippen LogP contribution in [0.4, 0.5) is 15.2 Å². The Morgan fingerprint density at radius 2 is 2.22 bits per heavy atom. The second kappa shape index (κ2) is 5.14. The van der Waals surface area contributed by atoms with Gasteiger partial charge in [0, 0.05) is 31.2 Å². The molecule has 6 heteroatoms. The van der Waals surface area contributed by atoms with Crippen molar-refractivity contribution >= 4 is 28.1 Å². The average Bonchev–Trinajstić information content (AvgIpc) is 2.81. The molecule has 0 unspecified atom stereocenters. The minimum Gasteiger partial charge on any atom is -0.375 e. The molecule has 2 aromatic rings. The maximum Gasteiger partial charge on any atom is 0.257 e. The molecule has 94 valence electrons. The first-order chi connectivity index (χ1) is 8.58. The number of carbonyl (C=O) groups is 1. The van der Waals surface area contributed by atoms with Crippen LogP contribution in [0.5, 0.6) is 0 Å². The molecule has 0 saturated heterocycles. The Balaban J connectivity index is 2.19. The molecule has 1 amide bonds. The van der Waals surface area contributed by atoms with Crippen LogP contribution < -0.4 is 10.2 Å². The third-order valence-electron chi connectivity index (χ3n) is 2.34. The molecule has 0 spiro atoms. The summed E-state index contributed by atoms with van der Waals surface area (Å²) >= 11 is 1.31. The van der Waals surface area contributed by atoms with Gasteiger partial charge in [-0.05, 0) is 18.2 Å². The van der Waals surface area contributed by atoms with Crippen LogP contribution in [0, 0.1) is 5.82 Å². The normalized spacial score (nSPS) is 10.2. The zero-order valence-electron chi connectivity index (χ0n) is 9.98. The fraction of sp³-hybridized carbons (Fsp3) is 0.167. The molecule has 4 nitrogen and oxygen atoms in total. The summed E-state index contributed by atoms with van der Waals surface area (Å²) in [7, 11) is 3.49. The lowest BCUT2D eigenvalue weighted by atomic mass is 10.2. The van der Waals surface area contributed by atoms with Crippen LogP contribution in [0.2, 0.25) is 0 Å². The first kappa shape index (κ1) is 12.5. The van der Waals surface area contributed by atoms with E-state index < -0.39 is 5.82 Å². The number of benzene rings is 1. The highest BCUT2D eigenvalue weighted by Crippen LogP contribution is 2.19. The Bertz CT molecular complexity index is 554. The molecule has 0 fully saturated rings. The van der Waals surface area contributed by atoms with Crippen LogP contribution in [0.15, 0.2) is 29.8 Å². The van der Waals surface area contributed by atoms with Crippen LogP contribution in [-0.2, 0) is 0 Å². The third kappa shape index (κ3) is 2.65. The molecule has 0 bridgehead atoms. The van der Waals surface area contributed by atoms with E-state index in [2.05, 4.69) is 10.3 Å². The van der Waals surface area contributed by atoms with Crippen LogP contribution in [-0.4, -0.2) is 25.0 Å². The highest BCUT2D eigenvalue weighted by Gasteiger charge is 2.11. The van der Waals surface area contributed by atoms with Gasteiger partial charge in [0.25, 0.3) is 5.91 Å². The summed E-state index contributed by atoms with van der Waals surface area (Å²) in [4.78, 5) is 17.4. The van der Waals surface area contributed by atoms with E-state index >= 15 is 0 Å². The zero-order chi connectivity index (χ0) is 13.1. The van der Waals surface area contributed by atoms with E-state index in [0.717, 1.165) is 0 Å². The van der Waals surface area contributed by atoms with Crippen molar-refractivity contribution in [3.63, 3.8) is 0 Å². The number of rotatable bonds is 3. The Morgan fingerprint density at radius 1 is 1.44 bits per heavy atom. The molecule has 2 rings (SSSR count). The maximum absolute atomic E-state index is 13.7. The van der Waals surface area contributed by atoms with Crippen molar-refractivity contribution in [1.82, 2.24) is 4.98 Å². The maximum atomic E-state index is 13.7. The van der Waals surface area contributed by atoms with E-state index in [9.17, 15) is 9.18 Å². The number of hydrogen-bond donors (Lipinski definition) is 1. The number of carbonyl (C=O) groups excluding carboxylic acids is 1. The van der Waals surface area contributed by atoms with E-state index in [1.54, 1.807) is 42.7 Å². The Hall–Kier alpha value is -1.95. The van der Waals surface area contributed by atoms with Gasteiger partial charge in [-0.1, -0.05) is 0 Å². The molecule has 1 aromatic heterocycles. The fourth-order valence-electron chi connectivity index (χ4n) is 1.47. The van der Waals surface area contributed by atoms with Crippen molar-refractivity contribution in [2.24, 2.45) is 0 Å². The Labute approximate surface area is 108 Å². The van der Waals surface area contributed by atoms with Gasteiger partial charge in [-0.15, -0.1) is 11.3 Å². The van der Waals surface area contributed by atoms with Gasteiger partial charge in [0.2, 0.25) is 0 Å². The fourth-order valence-corrected chi connectivity index (χ4v) is 1.99. The SMILES string of the molecule is CN(C)c1ccc(C(=O)Nc2nccs2)cc1F. The van der Waals surface area contributed by atoms with Crippen LogP contribution in [0.1, 0.15) is 10.4 Å². The van der Waals surface area contributed by atoms with Crippen molar-refractivity contribution in [2.45, 2.75) is 0 Å². The smallest absolute Gasteiger partial charge is 0.257 e. The number of amides is 1. The molecule has 1 N–H and O–H groups in total. The van der Waals surface area contributed by atoms with Gasteiger partial charge in [-0.25, -0.2) is 9.37 Å². The monoisotopic (exact) mass is 265 g/mol. The summed E-state index contributed by atoms with van der Waals surface area (Å²) in [5, 5.41) is 4.85. The summed E-state index contributed by atoms with van der Waals surface area (Å²) in [5.41, 5.74) is 0.717. The lowest BCUT2D eigenvalue weighted by molar-refractivity contribution is 0.102. The number of thiazole rings is 1. The lowest BCUT2D eigenvalue weighted by Crippen LogP contribution is -2.14. The number of nitrogens with zero attached hydrogens (tertiary/aromatic N) is 2. The van der Waals surface area contributed by atoms with E-state index in [4.69, 9.17) is 0 Å². The number of anilines is 2. The quantitative estimate of drug-likeness (QED) is 0.927. The molecule has 0 aliphatic rings. The Kier molecular flexibility index (Phi) is 3.57. The molecule has 0 aliphatic carbocycles. The predicted octanol–water partition coefficient (Wildman–Crippen LogP) is 2.60. The van der Waals surface area contributed by atoms with Crippen LogP contribution in [0.25, 0.3) is 0 Å². The van der Waals surface area contributed by atoms with Crippen molar-refractivity contribution < 1.29 is 9.18 Å². The second-order valence-electron chi connectivity index (χ2n) is 3.85. The Morgan fingerprint density at radius 3 is 2.78 bits per heavy atom. The molecule has 0 atom stereocenters. The summed E-state index contributed by atoms with van der Waals surface area (Å²) in [6, 6.07) is 4.38. The molecule has 0 radical (unpaired) electrons. The zero-order valence-corrected chi connectivity index (χ0v) is 10.8. The number of nitrogens with one attached hydrogen (secondary N) is 1. The van der Waals surface area contributed by atoms with E-state index in [-0.39, 0.29) is 11.5 Å². The molecule has 18 heavy (non-hydrogen) atoms. The van der Waals surface area contributed by atoms with Gasteiger partial charge in [-0.2, -0.15) is 0 Å². The van der Waals surface area contributed by atoms with Gasteiger partial charge in [0.15, 0.2) is 5.13 Å². The van der Waals surface area contributed by atoms with Crippen LogP contribution in [0.3, 0.4) is 0 Å². The van der Waals surface area contributed by atoms with Crippen molar-refractivity contribution in [3.05, 3.63) is 41.2 Å². The minimum absolute atomic E-state index is 0.272. The first-order valence-electron chi connectivity index (χ1n) is 5.25. The first-order valence-corrected chi connectivity index (χ1v) is 6.13. The van der Waals surface area contributed by atoms with E-state index in [1.165, 1.54) is 17.4 Å².